The van der Waals surface area contributed by atoms with Crippen LogP contribution in [0, 0.1) is 13.8 Å². The highest BCUT2D eigenvalue weighted by Gasteiger charge is 2.31. The van der Waals surface area contributed by atoms with E-state index in [4.69, 9.17) is 10.1 Å². The lowest BCUT2D eigenvalue weighted by Crippen LogP contribution is -2.60. The summed E-state index contributed by atoms with van der Waals surface area (Å²) in [6, 6.07) is 9.99. The lowest BCUT2D eigenvalue weighted by atomic mass is 9.68. The van der Waals surface area contributed by atoms with E-state index in [0.717, 1.165) is 60.9 Å². The van der Waals surface area contributed by atoms with E-state index in [9.17, 15) is 0 Å². The third-order valence-electron chi connectivity index (χ3n) is 8.23. The average Bonchev–Trinajstić information content (AvgIpc) is 3.33. The Kier molecular flexibility index (Phi) is 9.31. The van der Waals surface area contributed by atoms with E-state index in [1.807, 2.05) is 4.52 Å². The van der Waals surface area contributed by atoms with E-state index in [1.54, 1.807) is 11.9 Å². The molecule has 3 aromatic rings. The van der Waals surface area contributed by atoms with Gasteiger partial charge in [-0.2, -0.15) is 5.10 Å². The summed E-state index contributed by atoms with van der Waals surface area (Å²) >= 11 is 1.61. The van der Waals surface area contributed by atoms with Crippen LogP contribution >= 0.6 is 11.9 Å². The monoisotopic (exact) mass is 558 g/mol. The molecule has 2 aromatic heterocycles. The number of benzene rings is 1. The van der Waals surface area contributed by atoms with Gasteiger partial charge in [0.15, 0.2) is 5.65 Å². The summed E-state index contributed by atoms with van der Waals surface area (Å²) in [5.41, 5.74) is 7.75. The van der Waals surface area contributed by atoms with E-state index in [2.05, 4.69) is 98.1 Å². The van der Waals surface area contributed by atoms with Gasteiger partial charge < -0.3 is 19.8 Å². The molecule has 2 unspecified atom stereocenters. The second-order valence-electron chi connectivity index (χ2n) is 11.6. The Morgan fingerprint density at radius 1 is 1.23 bits per heavy atom. The van der Waals surface area contributed by atoms with Gasteiger partial charge in [-0.3, -0.25) is 0 Å². The van der Waals surface area contributed by atoms with E-state index in [-0.39, 0.29) is 6.04 Å². The molecule has 2 aliphatic heterocycles. The number of hydrogen-bond donors (Lipinski definition) is 2. The number of nitrogens with zero attached hydrogens (tertiary/aromatic N) is 5. The summed E-state index contributed by atoms with van der Waals surface area (Å²) in [5, 5.41) is 8.84. The number of hydrogen-bond acceptors (Lipinski definition) is 7. The van der Waals surface area contributed by atoms with Crippen LogP contribution in [-0.4, -0.2) is 64.8 Å². The van der Waals surface area contributed by atoms with Gasteiger partial charge in [-0.25, -0.2) is 9.50 Å². The van der Waals surface area contributed by atoms with Crippen molar-refractivity contribution in [2.75, 3.05) is 35.5 Å². The minimum atomic E-state index is 0.193. The molecule has 5 rings (SSSR count). The summed E-state index contributed by atoms with van der Waals surface area (Å²) in [6.07, 6.45) is 11.2. The summed E-state index contributed by atoms with van der Waals surface area (Å²) < 4.78 is 5.42. The molecule has 9 heteroatoms. The molecule has 2 atom stereocenters. The highest BCUT2D eigenvalue weighted by Crippen LogP contribution is 2.39. The van der Waals surface area contributed by atoms with Crippen molar-refractivity contribution in [3.05, 3.63) is 59.4 Å². The smallest absolute Gasteiger partial charge is 0.157 e. The first kappa shape index (κ1) is 28.9. The van der Waals surface area contributed by atoms with Crippen molar-refractivity contribution in [3.8, 4) is 0 Å². The summed E-state index contributed by atoms with van der Waals surface area (Å²) in [5.74, 6) is 1.08. The Balaban J connectivity index is 1.31. The van der Waals surface area contributed by atoms with E-state index in [0.29, 0.717) is 12.1 Å². The van der Waals surface area contributed by atoms with Gasteiger partial charge in [-0.05, 0) is 51.3 Å². The predicted molar refractivity (Wildman–Crippen MR) is 173 cm³/mol. The fourth-order valence-corrected chi connectivity index (χ4v) is 6.51. The van der Waals surface area contributed by atoms with Crippen LogP contribution in [-0.2, 0) is 0 Å². The molecule has 1 aromatic carbocycles. The normalized spacial score (nSPS) is 18.6. The van der Waals surface area contributed by atoms with Crippen molar-refractivity contribution in [2.45, 2.75) is 84.1 Å². The van der Waals surface area contributed by atoms with Crippen LogP contribution in [0.1, 0.15) is 68.0 Å². The number of anilines is 2. The molecule has 0 bridgehead atoms. The zero-order chi connectivity index (χ0) is 28.2. The van der Waals surface area contributed by atoms with Gasteiger partial charge in [0.05, 0.1) is 17.4 Å². The number of rotatable bonds is 12. The number of likely N-dealkylation sites (tertiary alicyclic amines) is 1. The zero-order valence-corrected chi connectivity index (χ0v) is 25.7. The van der Waals surface area contributed by atoms with Crippen molar-refractivity contribution < 1.29 is 0 Å². The Hall–Kier alpha value is -2.65. The molecule has 2 fully saturated rings. The van der Waals surface area contributed by atoms with Crippen molar-refractivity contribution in [2.24, 2.45) is 0 Å². The van der Waals surface area contributed by atoms with Gasteiger partial charge in [0, 0.05) is 61.0 Å². The lowest BCUT2D eigenvalue weighted by molar-refractivity contribution is 0.226. The largest absolute Gasteiger partial charge is 0.363 e. The van der Waals surface area contributed by atoms with E-state index < -0.39 is 0 Å². The maximum absolute atomic E-state index is 5.10. The molecule has 213 valence electrons. The molecule has 0 aliphatic carbocycles. The van der Waals surface area contributed by atoms with Crippen LogP contribution in [0.3, 0.4) is 0 Å². The third kappa shape index (κ3) is 6.30. The highest BCUT2D eigenvalue weighted by molar-refractivity contribution is 7.99. The summed E-state index contributed by atoms with van der Waals surface area (Å²) in [7, 11) is 2.41. The van der Waals surface area contributed by atoms with Crippen LogP contribution in [0.5, 0.6) is 0 Å². The molecule has 0 saturated carbocycles. The molecule has 7 nitrogen and oxygen atoms in total. The summed E-state index contributed by atoms with van der Waals surface area (Å²) in [6.45, 7) is 16.4. The van der Waals surface area contributed by atoms with Gasteiger partial charge in [-0.1, -0.05) is 63.1 Å². The SMILES string of the molecule is C=C(c1cc(C)ccc1NSC)N1CCCCC1c1cc2nc(N3CC(NC(C)C[B]CCC)C3)c(C)cn2n1. The lowest BCUT2D eigenvalue weighted by Gasteiger charge is -2.42. The molecule has 2 saturated heterocycles. The van der Waals surface area contributed by atoms with Crippen LogP contribution in [0.15, 0.2) is 37.0 Å². The summed E-state index contributed by atoms with van der Waals surface area (Å²) in [4.78, 5) is 9.96. The van der Waals surface area contributed by atoms with Crippen LogP contribution in [0.2, 0.25) is 12.6 Å². The quantitative estimate of drug-likeness (QED) is 0.153. The zero-order valence-electron chi connectivity index (χ0n) is 24.9. The average molecular weight is 559 g/mol. The predicted octanol–water partition coefficient (Wildman–Crippen LogP) is 6.35. The first-order valence-corrected chi connectivity index (χ1v) is 16.2. The van der Waals surface area contributed by atoms with Crippen LogP contribution < -0.4 is 14.9 Å². The van der Waals surface area contributed by atoms with Crippen molar-refractivity contribution in [3.63, 3.8) is 0 Å². The topological polar surface area (TPSA) is 60.7 Å². The molecular formula is C31H45BN7S. The number of aryl methyl sites for hydroxylation is 2. The van der Waals surface area contributed by atoms with Gasteiger partial charge in [-0.15, -0.1) is 0 Å². The fourth-order valence-electron chi connectivity index (χ4n) is 6.11. The first-order valence-electron chi connectivity index (χ1n) is 14.9. The Morgan fingerprint density at radius 3 is 2.83 bits per heavy atom. The maximum Gasteiger partial charge on any atom is 0.157 e. The number of fused-ring (bicyclic) bond motifs is 1. The van der Waals surface area contributed by atoms with Gasteiger partial charge in [0.1, 0.15) is 13.1 Å². The fraction of sp³-hybridized carbons (Fsp3) is 0.548. The second kappa shape index (κ2) is 12.9. The van der Waals surface area contributed by atoms with Gasteiger partial charge >= 0.3 is 0 Å². The standard InChI is InChI=1S/C31H45BN7S/c1-7-13-32-17-23(4)33-25-19-37(20-25)31-22(3)18-39-30(34-31)16-28(35-39)29-10-8-9-14-38(29)24(5)26-15-21(2)11-12-27(26)36-40-6/h11-12,15-16,18,23,25,29,33,36H,5,7-10,13-14,17,19-20H2,1-4,6H3. The Bertz CT molecular complexity index is 1320. The molecule has 0 amide bonds. The highest BCUT2D eigenvalue weighted by atomic mass is 32.2. The van der Waals surface area contributed by atoms with Crippen LogP contribution in [0.25, 0.3) is 11.3 Å². The molecular weight excluding hydrogens is 513 g/mol. The molecule has 2 aliphatic rings. The molecule has 40 heavy (non-hydrogen) atoms. The van der Waals surface area contributed by atoms with Gasteiger partial charge in [0.25, 0.3) is 0 Å². The van der Waals surface area contributed by atoms with Crippen molar-refractivity contribution in [1.29, 1.82) is 0 Å². The van der Waals surface area contributed by atoms with Gasteiger partial charge in [0.2, 0.25) is 0 Å². The van der Waals surface area contributed by atoms with Crippen molar-refractivity contribution in [1.82, 2.24) is 24.8 Å². The van der Waals surface area contributed by atoms with E-state index >= 15 is 0 Å². The first-order chi connectivity index (χ1) is 19.4. The molecule has 0 spiro atoms. The molecule has 4 heterocycles. The molecule has 1 radical (unpaired) electrons. The maximum atomic E-state index is 5.10. The molecule has 2 N–H and O–H groups in total. The minimum Gasteiger partial charge on any atom is -0.363 e. The number of nitrogens with one attached hydrogen (secondary N) is 2. The second-order valence-corrected chi connectivity index (χ2v) is 12.2. The number of aromatic nitrogens is 3. The Labute approximate surface area is 245 Å². The number of piperidine rings is 1. The minimum absolute atomic E-state index is 0.193. The Morgan fingerprint density at radius 2 is 2.05 bits per heavy atom. The third-order valence-corrected chi connectivity index (χ3v) is 8.65. The van der Waals surface area contributed by atoms with Crippen molar-refractivity contribution >= 4 is 42.1 Å². The van der Waals surface area contributed by atoms with Crippen LogP contribution in [0.4, 0.5) is 11.5 Å². The van der Waals surface area contributed by atoms with E-state index in [1.165, 1.54) is 42.3 Å².